The van der Waals surface area contributed by atoms with E-state index in [0.29, 0.717) is 27.6 Å². The van der Waals surface area contributed by atoms with Crippen LogP contribution in [-0.2, 0) is 11.8 Å². The van der Waals surface area contributed by atoms with Crippen molar-refractivity contribution in [2.75, 3.05) is 0 Å². The first-order valence-corrected chi connectivity index (χ1v) is 9.04. The number of nitrogens with zero attached hydrogens (tertiary/aromatic N) is 2. The van der Waals surface area contributed by atoms with Crippen LogP contribution in [0.4, 0.5) is 0 Å². The minimum Gasteiger partial charge on any atom is -0.449 e. The number of hydrogen-bond acceptors (Lipinski definition) is 6. The Morgan fingerprint density at radius 3 is 2.34 bits per heavy atom. The molecule has 150 valence electrons. The number of rotatable bonds is 5. The minimum atomic E-state index is -1.11. The van der Waals surface area contributed by atoms with Crippen LogP contribution in [-0.4, -0.2) is 38.4 Å². The van der Waals surface area contributed by atoms with E-state index in [1.165, 1.54) is 20.9 Å². The number of carbonyl (C=O) groups is 3. The van der Waals surface area contributed by atoms with Gasteiger partial charge in [-0.25, -0.2) is 9.48 Å². The molecule has 2 heterocycles. The Balaban J connectivity index is 1.93. The molecule has 3 aromatic rings. The highest BCUT2D eigenvalue weighted by molar-refractivity contribution is 6.07. The molecule has 0 saturated heterocycles. The molecule has 1 atom stereocenters. The maximum atomic E-state index is 12.8. The minimum absolute atomic E-state index is 0.0498. The fourth-order valence-corrected chi connectivity index (χ4v) is 3.45. The maximum Gasteiger partial charge on any atom is 0.360 e. The fraction of sp³-hybridized carbons (Fsp3) is 0.286. The molecule has 0 amide bonds. The van der Waals surface area contributed by atoms with E-state index in [4.69, 9.17) is 4.74 Å². The predicted molar refractivity (Wildman–Crippen MR) is 106 cm³/mol. The average molecular weight is 395 g/mol. The van der Waals surface area contributed by atoms with Gasteiger partial charge in [-0.15, -0.1) is 0 Å². The first kappa shape index (κ1) is 20.2. The largest absolute Gasteiger partial charge is 0.449 e. The van der Waals surface area contributed by atoms with E-state index in [0.717, 1.165) is 4.68 Å². The Kier molecular flexibility index (Phi) is 5.19. The molecule has 0 bridgehead atoms. The van der Waals surface area contributed by atoms with Gasteiger partial charge < -0.3 is 9.72 Å². The van der Waals surface area contributed by atoms with Crippen LogP contribution >= 0.6 is 0 Å². The van der Waals surface area contributed by atoms with Gasteiger partial charge in [-0.05, 0) is 39.3 Å². The third-order valence-corrected chi connectivity index (χ3v) is 4.84. The predicted octanol–water partition coefficient (Wildman–Crippen LogP) is 2.51. The monoisotopic (exact) mass is 395 g/mol. The normalized spacial score (nSPS) is 12.0. The third kappa shape index (κ3) is 3.49. The van der Waals surface area contributed by atoms with E-state index in [2.05, 4.69) is 10.1 Å². The van der Waals surface area contributed by atoms with Gasteiger partial charge in [0.2, 0.25) is 5.78 Å². The number of carbonyl (C=O) groups excluding carboxylic acids is 3. The number of Topliss-reactive ketones (excluding diaryl/α,β-unsaturated/α-hetero) is 2. The van der Waals surface area contributed by atoms with Gasteiger partial charge >= 0.3 is 5.97 Å². The van der Waals surface area contributed by atoms with Gasteiger partial charge in [0.15, 0.2) is 17.6 Å². The van der Waals surface area contributed by atoms with E-state index in [1.807, 2.05) is 0 Å². The number of ketones is 2. The number of esters is 1. The van der Waals surface area contributed by atoms with E-state index in [9.17, 15) is 19.2 Å². The van der Waals surface area contributed by atoms with Crippen LogP contribution in [0.1, 0.15) is 56.4 Å². The quantitative estimate of drug-likeness (QED) is 0.525. The molecule has 1 aromatic carbocycles. The van der Waals surface area contributed by atoms with Gasteiger partial charge in [0.25, 0.3) is 5.56 Å². The lowest BCUT2D eigenvalue weighted by Gasteiger charge is -2.13. The molecule has 0 radical (unpaired) electrons. The molecule has 0 aliphatic heterocycles. The van der Waals surface area contributed by atoms with Crippen molar-refractivity contribution in [3.63, 3.8) is 0 Å². The zero-order chi connectivity index (χ0) is 21.5. The van der Waals surface area contributed by atoms with E-state index in [1.54, 1.807) is 38.1 Å². The number of H-pyrrole nitrogens is 1. The summed E-state index contributed by atoms with van der Waals surface area (Å²) in [7, 11) is 1.44. The van der Waals surface area contributed by atoms with Crippen LogP contribution < -0.4 is 5.56 Å². The van der Waals surface area contributed by atoms with Crippen molar-refractivity contribution >= 4 is 28.3 Å². The molecule has 0 fully saturated rings. The van der Waals surface area contributed by atoms with Crippen molar-refractivity contribution in [1.29, 1.82) is 0 Å². The van der Waals surface area contributed by atoms with Gasteiger partial charge in [0, 0.05) is 23.7 Å². The highest BCUT2D eigenvalue weighted by Crippen LogP contribution is 2.21. The lowest BCUT2D eigenvalue weighted by Crippen LogP contribution is -2.28. The van der Waals surface area contributed by atoms with Gasteiger partial charge in [0.1, 0.15) is 0 Å². The van der Waals surface area contributed by atoms with E-state index in [-0.39, 0.29) is 22.7 Å². The highest BCUT2D eigenvalue weighted by atomic mass is 16.5. The Morgan fingerprint density at radius 2 is 1.76 bits per heavy atom. The molecule has 8 nitrogen and oxygen atoms in total. The van der Waals surface area contributed by atoms with E-state index >= 15 is 0 Å². The Hall–Kier alpha value is -3.55. The molecule has 3 rings (SSSR count). The molecular weight excluding hydrogens is 374 g/mol. The summed E-state index contributed by atoms with van der Waals surface area (Å²) in [5.41, 5.74) is 1.40. The van der Waals surface area contributed by atoms with Crippen molar-refractivity contribution in [2.24, 2.45) is 7.05 Å². The van der Waals surface area contributed by atoms with Crippen molar-refractivity contribution < 1.29 is 19.1 Å². The number of aromatic nitrogens is 3. The van der Waals surface area contributed by atoms with Gasteiger partial charge in [-0.1, -0.05) is 18.2 Å². The van der Waals surface area contributed by atoms with Gasteiger partial charge in [-0.3, -0.25) is 14.4 Å². The fourth-order valence-electron chi connectivity index (χ4n) is 3.45. The third-order valence-electron chi connectivity index (χ3n) is 4.84. The summed E-state index contributed by atoms with van der Waals surface area (Å²) in [5.74, 6) is -1.42. The molecule has 8 heteroatoms. The number of benzene rings is 1. The second-order valence-corrected chi connectivity index (χ2v) is 6.92. The average Bonchev–Trinajstić information content (AvgIpc) is 2.98. The number of fused-ring (bicyclic) bond motifs is 1. The van der Waals surface area contributed by atoms with Crippen LogP contribution in [0.15, 0.2) is 29.1 Å². The first-order chi connectivity index (χ1) is 13.6. The van der Waals surface area contributed by atoms with Crippen LogP contribution in [0, 0.1) is 13.8 Å². The van der Waals surface area contributed by atoms with Crippen molar-refractivity contribution in [3.8, 4) is 0 Å². The number of aryl methyl sites for hydroxylation is 2. The lowest BCUT2D eigenvalue weighted by molar-refractivity contribution is 0.0311. The number of hydrogen-bond donors (Lipinski definition) is 1. The Morgan fingerprint density at radius 1 is 1.14 bits per heavy atom. The Bertz CT molecular complexity index is 1220. The second-order valence-electron chi connectivity index (χ2n) is 6.92. The topological polar surface area (TPSA) is 111 Å². The summed E-state index contributed by atoms with van der Waals surface area (Å²) in [6, 6.07) is 6.57. The van der Waals surface area contributed by atoms with Gasteiger partial charge in [-0.2, -0.15) is 5.10 Å². The molecular formula is C21H21N3O5. The first-order valence-electron chi connectivity index (χ1n) is 9.04. The number of ether oxygens (including phenoxy) is 1. The maximum absolute atomic E-state index is 12.8. The second kappa shape index (κ2) is 7.46. The highest BCUT2D eigenvalue weighted by Gasteiger charge is 2.27. The van der Waals surface area contributed by atoms with Gasteiger partial charge in [0.05, 0.1) is 11.1 Å². The lowest BCUT2D eigenvalue weighted by atomic mass is 10.0. The SMILES string of the molecule is CC(=O)c1c(C)[nH]c(C(=O)[C@@H](C)OC(=O)c2nn(C)c(=O)c3ccccc23)c1C. The number of nitrogens with one attached hydrogen (secondary N) is 1. The zero-order valence-corrected chi connectivity index (χ0v) is 16.8. The summed E-state index contributed by atoms with van der Waals surface area (Å²) in [4.78, 5) is 52.4. The molecule has 0 unspecified atom stereocenters. The summed E-state index contributed by atoms with van der Waals surface area (Å²) >= 11 is 0. The summed E-state index contributed by atoms with van der Waals surface area (Å²) in [6.45, 7) is 6.26. The van der Waals surface area contributed by atoms with E-state index < -0.39 is 17.9 Å². The Labute approximate surface area is 166 Å². The van der Waals surface area contributed by atoms with Crippen molar-refractivity contribution in [3.05, 3.63) is 62.8 Å². The van der Waals surface area contributed by atoms with Crippen LogP contribution in [0.2, 0.25) is 0 Å². The molecule has 1 N–H and O–H groups in total. The number of aromatic amines is 1. The standard InChI is InChI=1S/C21H21N3O5/c1-10-16(12(3)25)11(2)22-17(10)19(26)13(4)29-21(28)18-14-8-6-7-9-15(14)20(27)24(5)23-18/h6-9,13,22H,1-5H3/t13-/m1/s1. The zero-order valence-electron chi connectivity index (χ0n) is 16.8. The van der Waals surface area contributed by atoms with Crippen LogP contribution in [0.25, 0.3) is 10.8 Å². The molecule has 0 spiro atoms. The van der Waals surface area contributed by atoms with Crippen molar-refractivity contribution in [2.45, 2.75) is 33.8 Å². The van der Waals surface area contributed by atoms with Crippen LogP contribution in [0.3, 0.4) is 0 Å². The van der Waals surface area contributed by atoms with Crippen LogP contribution in [0.5, 0.6) is 0 Å². The smallest absolute Gasteiger partial charge is 0.360 e. The summed E-state index contributed by atoms with van der Waals surface area (Å²) < 4.78 is 6.41. The molecule has 2 aromatic heterocycles. The molecule has 29 heavy (non-hydrogen) atoms. The summed E-state index contributed by atoms with van der Waals surface area (Å²) in [6.07, 6.45) is -1.11. The summed E-state index contributed by atoms with van der Waals surface area (Å²) in [5, 5.41) is 4.69. The van der Waals surface area contributed by atoms with Crippen molar-refractivity contribution in [1.82, 2.24) is 14.8 Å². The molecule has 0 aliphatic carbocycles. The molecule has 0 aliphatic rings. The molecule has 0 saturated carbocycles.